The molecule has 0 saturated carbocycles. The van der Waals surface area contributed by atoms with Gasteiger partial charge in [0.05, 0.1) is 17.0 Å². The van der Waals surface area contributed by atoms with Crippen LogP contribution in [0.4, 0.5) is 0 Å². The molecule has 0 spiro atoms. The summed E-state index contributed by atoms with van der Waals surface area (Å²) in [6.07, 6.45) is 0. The van der Waals surface area contributed by atoms with E-state index in [2.05, 4.69) is 29.3 Å². The standard InChI is InChI=1S/C21H22N2O2/c1-14-7-3-4-8-15(14)11-23-12-18-21(2,13-23)19(24)16-9-5-6-10-17(16)20(25)22-18/h3-10,18H,11-13H2,1-2H3,(H,22,25)/t18-,21+/m1/s1. The molecule has 2 aromatic carbocycles. The topological polar surface area (TPSA) is 49.4 Å². The Morgan fingerprint density at radius 2 is 1.76 bits per heavy atom. The van der Waals surface area contributed by atoms with Gasteiger partial charge in [-0.15, -0.1) is 0 Å². The summed E-state index contributed by atoms with van der Waals surface area (Å²) in [7, 11) is 0. The van der Waals surface area contributed by atoms with Crippen molar-refractivity contribution in [3.05, 3.63) is 70.8 Å². The highest BCUT2D eigenvalue weighted by Crippen LogP contribution is 2.37. The van der Waals surface area contributed by atoms with E-state index in [1.54, 1.807) is 18.2 Å². The quantitative estimate of drug-likeness (QED) is 0.919. The highest BCUT2D eigenvalue weighted by molar-refractivity contribution is 6.12. The van der Waals surface area contributed by atoms with E-state index in [0.717, 1.165) is 6.54 Å². The number of benzene rings is 2. The lowest BCUT2D eigenvalue weighted by atomic mass is 9.78. The van der Waals surface area contributed by atoms with Crippen LogP contribution in [-0.4, -0.2) is 35.7 Å². The van der Waals surface area contributed by atoms with E-state index in [9.17, 15) is 9.59 Å². The van der Waals surface area contributed by atoms with Crippen molar-refractivity contribution in [1.29, 1.82) is 0 Å². The lowest BCUT2D eigenvalue weighted by Crippen LogP contribution is -2.47. The van der Waals surface area contributed by atoms with E-state index in [4.69, 9.17) is 0 Å². The number of rotatable bonds is 2. The van der Waals surface area contributed by atoms with Gasteiger partial charge in [0.1, 0.15) is 0 Å². The predicted molar refractivity (Wildman–Crippen MR) is 96.6 cm³/mol. The summed E-state index contributed by atoms with van der Waals surface area (Å²) in [5.41, 5.74) is 2.96. The number of nitrogens with zero attached hydrogens (tertiary/aromatic N) is 1. The fourth-order valence-corrected chi connectivity index (χ4v) is 4.11. The van der Waals surface area contributed by atoms with Crippen molar-refractivity contribution in [3.8, 4) is 0 Å². The Labute approximate surface area is 147 Å². The van der Waals surface area contributed by atoms with E-state index in [0.29, 0.717) is 24.2 Å². The minimum absolute atomic E-state index is 0.0683. The summed E-state index contributed by atoms with van der Waals surface area (Å²) in [4.78, 5) is 28.1. The first-order valence-corrected chi connectivity index (χ1v) is 8.70. The molecule has 2 atom stereocenters. The first-order valence-electron chi connectivity index (χ1n) is 8.70. The van der Waals surface area contributed by atoms with Crippen molar-refractivity contribution in [3.63, 3.8) is 0 Å². The number of fused-ring (bicyclic) bond motifs is 2. The van der Waals surface area contributed by atoms with Crippen LogP contribution >= 0.6 is 0 Å². The Morgan fingerprint density at radius 1 is 1.08 bits per heavy atom. The maximum atomic E-state index is 13.2. The lowest BCUT2D eigenvalue weighted by molar-refractivity contribution is 0.0789. The van der Waals surface area contributed by atoms with Crippen LogP contribution in [0.25, 0.3) is 0 Å². The van der Waals surface area contributed by atoms with E-state index in [1.165, 1.54) is 11.1 Å². The monoisotopic (exact) mass is 334 g/mol. The number of ketones is 1. The summed E-state index contributed by atoms with van der Waals surface area (Å²) in [5.74, 6) is -0.0749. The maximum Gasteiger partial charge on any atom is 0.252 e. The van der Waals surface area contributed by atoms with E-state index < -0.39 is 5.41 Å². The zero-order chi connectivity index (χ0) is 17.6. The number of Topliss-reactive ketones (excluding diaryl/α,β-unsaturated/α-hetero) is 1. The molecule has 2 heterocycles. The molecule has 1 amide bonds. The molecule has 0 radical (unpaired) electrons. The fraction of sp³-hybridized carbons (Fsp3) is 0.333. The predicted octanol–water partition coefficient (Wildman–Crippen LogP) is 2.81. The molecule has 0 bridgehead atoms. The molecule has 1 N–H and O–H groups in total. The highest BCUT2D eigenvalue weighted by atomic mass is 16.2. The Kier molecular flexibility index (Phi) is 3.73. The van der Waals surface area contributed by atoms with Gasteiger partial charge in [-0.25, -0.2) is 0 Å². The molecule has 4 rings (SSSR count). The van der Waals surface area contributed by atoms with Gasteiger partial charge in [0.15, 0.2) is 5.78 Å². The smallest absolute Gasteiger partial charge is 0.252 e. The number of carbonyl (C=O) groups excluding carboxylic acids is 2. The lowest BCUT2D eigenvalue weighted by Gasteiger charge is -2.27. The molecule has 128 valence electrons. The minimum atomic E-state index is -0.592. The largest absolute Gasteiger partial charge is 0.347 e. The number of hydrogen-bond donors (Lipinski definition) is 1. The SMILES string of the molecule is Cc1ccccc1CN1C[C@H]2NC(=O)c3ccccc3C(=O)[C@@]2(C)C1. The first kappa shape index (κ1) is 16.0. The van der Waals surface area contributed by atoms with Crippen molar-refractivity contribution in [2.24, 2.45) is 5.41 Å². The molecule has 4 nitrogen and oxygen atoms in total. The number of hydrogen-bond acceptors (Lipinski definition) is 3. The molecule has 0 aliphatic carbocycles. The summed E-state index contributed by atoms with van der Waals surface area (Å²) in [5, 5.41) is 3.10. The normalized spacial score (nSPS) is 25.9. The number of carbonyl (C=O) groups is 2. The Morgan fingerprint density at radius 3 is 2.52 bits per heavy atom. The van der Waals surface area contributed by atoms with Crippen LogP contribution in [0.15, 0.2) is 48.5 Å². The van der Waals surface area contributed by atoms with Gasteiger partial charge in [-0.1, -0.05) is 42.5 Å². The summed E-state index contributed by atoms with van der Waals surface area (Å²) in [6.45, 7) is 6.23. The molecule has 2 aliphatic rings. The summed E-state index contributed by atoms with van der Waals surface area (Å²) < 4.78 is 0. The number of likely N-dealkylation sites (tertiary alicyclic amines) is 1. The molecular weight excluding hydrogens is 312 g/mol. The van der Waals surface area contributed by atoms with E-state index >= 15 is 0 Å². The Bertz CT molecular complexity index is 860. The number of nitrogens with one attached hydrogen (secondary N) is 1. The molecule has 2 aromatic rings. The van der Waals surface area contributed by atoms with Gasteiger partial charge < -0.3 is 5.32 Å². The molecular formula is C21H22N2O2. The van der Waals surface area contributed by atoms with Crippen molar-refractivity contribution >= 4 is 11.7 Å². The molecule has 25 heavy (non-hydrogen) atoms. The van der Waals surface area contributed by atoms with Crippen LogP contribution < -0.4 is 5.32 Å². The summed E-state index contributed by atoms with van der Waals surface area (Å²) >= 11 is 0. The fourth-order valence-electron chi connectivity index (χ4n) is 4.11. The molecule has 0 aromatic heterocycles. The average molecular weight is 334 g/mol. The highest BCUT2D eigenvalue weighted by Gasteiger charge is 2.51. The van der Waals surface area contributed by atoms with Crippen LogP contribution in [0.3, 0.4) is 0 Å². The van der Waals surface area contributed by atoms with Crippen molar-refractivity contribution in [2.75, 3.05) is 13.1 Å². The number of amides is 1. The van der Waals surface area contributed by atoms with Gasteiger partial charge in [0, 0.05) is 25.2 Å². The van der Waals surface area contributed by atoms with Gasteiger partial charge in [0.25, 0.3) is 5.91 Å². The van der Waals surface area contributed by atoms with Gasteiger partial charge in [-0.05, 0) is 31.0 Å². The van der Waals surface area contributed by atoms with Crippen LogP contribution in [0.2, 0.25) is 0 Å². The van der Waals surface area contributed by atoms with Crippen LogP contribution in [0.5, 0.6) is 0 Å². The zero-order valence-corrected chi connectivity index (χ0v) is 14.6. The molecule has 1 fully saturated rings. The third-order valence-corrected chi connectivity index (χ3v) is 5.66. The van der Waals surface area contributed by atoms with Crippen LogP contribution in [0.1, 0.15) is 38.8 Å². The molecule has 2 aliphatic heterocycles. The second kappa shape index (κ2) is 5.81. The second-order valence-electron chi connectivity index (χ2n) is 7.41. The van der Waals surface area contributed by atoms with Crippen LogP contribution in [-0.2, 0) is 6.54 Å². The second-order valence-corrected chi connectivity index (χ2v) is 7.41. The maximum absolute atomic E-state index is 13.2. The molecule has 0 unspecified atom stereocenters. The Balaban J connectivity index is 1.65. The third kappa shape index (κ3) is 2.57. The van der Waals surface area contributed by atoms with Crippen molar-refractivity contribution in [1.82, 2.24) is 10.2 Å². The molecule has 4 heteroatoms. The first-order chi connectivity index (χ1) is 12.0. The van der Waals surface area contributed by atoms with Crippen molar-refractivity contribution < 1.29 is 9.59 Å². The minimum Gasteiger partial charge on any atom is -0.347 e. The van der Waals surface area contributed by atoms with Gasteiger partial charge in [-0.3, -0.25) is 14.5 Å². The van der Waals surface area contributed by atoms with Crippen molar-refractivity contribution in [2.45, 2.75) is 26.4 Å². The van der Waals surface area contributed by atoms with Crippen LogP contribution in [0, 0.1) is 12.3 Å². The van der Waals surface area contributed by atoms with Gasteiger partial charge in [-0.2, -0.15) is 0 Å². The zero-order valence-electron chi connectivity index (χ0n) is 14.6. The Hall–Kier alpha value is -2.46. The van der Waals surface area contributed by atoms with Gasteiger partial charge >= 0.3 is 0 Å². The number of aryl methyl sites for hydroxylation is 1. The van der Waals surface area contributed by atoms with E-state index in [-0.39, 0.29) is 17.7 Å². The molecule has 1 saturated heterocycles. The van der Waals surface area contributed by atoms with Gasteiger partial charge in [0.2, 0.25) is 0 Å². The summed E-state index contributed by atoms with van der Waals surface area (Å²) in [6, 6.07) is 15.3. The van der Waals surface area contributed by atoms with E-state index in [1.807, 2.05) is 25.1 Å². The third-order valence-electron chi connectivity index (χ3n) is 5.66. The average Bonchev–Trinajstić information content (AvgIpc) is 2.89.